The first-order valence-corrected chi connectivity index (χ1v) is 8.23. The summed E-state index contributed by atoms with van der Waals surface area (Å²) >= 11 is 0.965. The monoisotopic (exact) mass is 328 g/mol. The number of thioether (sulfide) groups is 1. The Bertz CT molecular complexity index is 487. The van der Waals surface area contributed by atoms with E-state index in [4.69, 9.17) is 18.8 Å². The third-order valence-electron chi connectivity index (χ3n) is 2.77. The van der Waals surface area contributed by atoms with Crippen LogP contribution in [0.3, 0.4) is 0 Å². The van der Waals surface area contributed by atoms with Gasteiger partial charge in [-0.25, -0.2) is 4.18 Å². The molecule has 2 fully saturated rings. The van der Waals surface area contributed by atoms with Gasteiger partial charge in [-0.3, -0.25) is 9.35 Å². The molecule has 0 bridgehead atoms. The van der Waals surface area contributed by atoms with Crippen molar-refractivity contribution in [3.05, 3.63) is 0 Å². The van der Waals surface area contributed by atoms with Crippen LogP contribution in [0.15, 0.2) is 0 Å². The summed E-state index contributed by atoms with van der Waals surface area (Å²) in [7, 11) is -4.66. The maximum atomic E-state index is 11.0. The first-order chi connectivity index (χ1) is 9.07. The molecule has 0 unspecified atom stereocenters. The molecule has 4 atom stereocenters. The Morgan fingerprint density at radius 1 is 1.40 bits per heavy atom. The lowest BCUT2D eigenvalue weighted by atomic mass is 10.1. The third-order valence-corrected chi connectivity index (χ3v) is 4.14. The van der Waals surface area contributed by atoms with E-state index in [1.54, 1.807) is 13.8 Å². The number of carbonyl (C=O) groups excluding carboxylic acids is 1. The lowest BCUT2D eigenvalue weighted by Gasteiger charge is -2.24. The minimum Gasteiger partial charge on any atom is -0.343 e. The lowest BCUT2D eigenvalue weighted by Crippen LogP contribution is -2.39. The normalized spacial score (nSPS) is 36.0. The molecule has 0 radical (unpaired) electrons. The molecule has 0 aliphatic carbocycles. The highest BCUT2D eigenvalue weighted by molar-refractivity contribution is 8.13. The molecular formula is C10H16O8S2. The summed E-state index contributed by atoms with van der Waals surface area (Å²) in [6.45, 7) is 4.69. The van der Waals surface area contributed by atoms with Crippen molar-refractivity contribution in [2.45, 2.75) is 51.2 Å². The fraction of sp³-hybridized carbons (Fsp3) is 0.900. The number of hydrogen-bond acceptors (Lipinski definition) is 8. The van der Waals surface area contributed by atoms with E-state index in [2.05, 4.69) is 4.18 Å². The molecule has 0 aromatic carbocycles. The molecule has 0 spiro atoms. The van der Waals surface area contributed by atoms with Crippen LogP contribution in [0.4, 0.5) is 0 Å². The highest BCUT2D eigenvalue weighted by Crippen LogP contribution is 2.39. The predicted molar refractivity (Wildman–Crippen MR) is 68.3 cm³/mol. The topological polar surface area (TPSA) is 108 Å². The van der Waals surface area contributed by atoms with Crippen molar-refractivity contribution in [1.29, 1.82) is 0 Å². The van der Waals surface area contributed by atoms with Crippen molar-refractivity contribution >= 4 is 27.3 Å². The molecule has 2 saturated heterocycles. The van der Waals surface area contributed by atoms with Gasteiger partial charge in [-0.05, 0) is 13.8 Å². The average Bonchev–Trinajstić information content (AvgIpc) is 2.68. The molecule has 116 valence electrons. The van der Waals surface area contributed by atoms with Crippen LogP contribution in [-0.4, -0.2) is 54.2 Å². The molecule has 0 amide bonds. The van der Waals surface area contributed by atoms with Crippen LogP contribution in [0.5, 0.6) is 0 Å². The number of carbonyl (C=O) groups is 1. The zero-order valence-corrected chi connectivity index (χ0v) is 12.8. The second-order valence-electron chi connectivity index (χ2n) is 4.93. The fourth-order valence-electron chi connectivity index (χ4n) is 2.14. The smallest absolute Gasteiger partial charge is 0.343 e. The zero-order valence-electron chi connectivity index (χ0n) is 11.1. The van der Waals surface area contributed by atoms with Gasteiger partial charge in [0.15, 0.2) is 17.2 Å². The summed E-state index contributed by atoms with van der Waals surface area (Å²) in [5.41, 5.74) is 0. The summed E-state index contributed by atoms with van der Waals surface area (Å²) in [6, 6.07) is 0. The van der Waals surface area contributed by atoms with E-state index >= 15 is 0 Å². The van der Waals surface area contributed by atoms with Gasteiger partial charge in [0.1, 0.15) is 18.3 Å². The van der Waals surface area contributed by atoms with Crippen molar-refractivity contribution in [2.75, 3.05) is 5.75 Å². The van der Waals surface area contributed by atoms with E-state index in [9.17, 15) is 13.2 Å². The van der Waals surface area contributed by atoms with Crippen molar-refractivity contribution in [2.24, 2.45) is 0 Å². The number of hydrogen-bond donors (Lipinski definition) is 1. The van der Waals surface area contributed by atoms with E-state index in [0.717, 1.165) is 11.8 Å². The van der Waals surface area contributed by atoms with Gasteiger partial charge in [-0.2, -0.15) is 8.42 Å². The molecule has 2 aliphatic heterocycles. The van der Waals surface area contributed by atoms with E-state index < -0.39 is 40.8 Å². The van der Waals surface area contributed by atoms with Crippen LogP contribution in [-0.2, 0) is 33.6 Å². The van der Waals surface area contributed by atoms with Crippen LogP contribution >= 0.6 is 11.8 Å². The Morgan fingerprint density at radius 3 is 2.60 bits per heavy atom. The number of ether oxygens (including phenoxy) is 3. The van der Waals surface area contributed by atoms with Gasteiger partial charge in [-0.15, -0.1) is 0 Å². The van der Waals surface area contributed by atoms with Crippen LogP contribution < -0.4 is 0 Å². The molecule has 8 nitrogen and oxygen atoms in total. The molecule has 2 heterocycles. The largest absolute Gasteiger partial charge is 0.397 e. The highest BCUT2D eigenvalue weighted by atomic mass is 32.3. The molecule has 0 aromatic heterocycles. The summed E-state index contributed by atoms with van der Waals surface area (Å²) in [4.78, 5) is 11.0. The second-order valence-corrected chi connectivity index (χ2v) is 7.18. The Hall–Kier alpha value is -0.230. The minimum absolute atomic E-state index is 0.140. The van der Waals surface area contributed by atoms with Crippen molar-refractivity contribution in [1.82, 2.24) is 0 Å². The first kappa shape index (κ1) is 16.1. The minimum atomic E-state index is -4.66. The number of rotatable bonds is 4. The summed E-state index contributed by atoms with van der Waals surface area (Å²) in [5, 5.41) is -0.140. The maximum Gasteiger partial charge on any atom is 0.397 e. The molecule has 2 aliphatic rings. The van der Waals surface area contributed by atoms with Crippen molar-refractivity contribution < 1.29 is 36.2 Å². The van der Waals surface area contributed by atoms with Crippen LogP contribution in [0.2, 0.25) is 0 Å². The van der Waals surface area contributed by atoms with Crippen molar-refractivity contribution in [3.8, 4) is 0 Å². The van der Waals surface area contributed by atoms with Gasteiger partial charge >= 0.3 is 10.4 Å². The van der Waals surface area contributed by atoms with E-state index in [-0.39, 0.29) is 10.9 Å². The standard InChI is InChI=1S/C10H16O8S2/c1-5(11)19-4-6-7(18-20(12,13)14)8-9(15-6)17-10(2,3)16-8/h6-9H,4H2,1-3H3,(H,12,13,14)/t6-,7+,8-,9-/m1/s1. The van der Waals surface area contributed by atoms with Crippen LogP contribution in [0.25, 0.3) is 0 Å². The number of fused-ring (bicyclic) bond motifs is 1. The zero-order chi connectivity index (χ0) is 15.1. The third kappa shape index (κ3) is 3.91. The summed E-state index contributed by atoms with van der Waals surface area (Å²) in [6.07, 6.45) is -3.39. The molecule has 0 saturated carbocycles. The first-order valence-electron chi connectivity index (χ1n) is 5.87. The van der Waals surface area contributed by atoms with Crippen molar-refractivity contribution in [3.63, 3.8) is 0 Å². The van der Waals surface area contributed by atoms with Gasteiger partial charge in [0, 0.05) is 12.7 Å². The van der Waals surface area contributed by atoms with E-state index in [1.807, 2.05) is 0 Å². The summed E-state index contributed by atoms with van der Waals surface area (Å²) < 4.78 is 51.8. The molecule has 20 heavy (non-hydrogen) atoms. The Kier molecular flexibility index (Phi) is 4.46. The highest BCUT2D eigenvalue weighted by Gasteiger charge is 2.56. The fourth-order valence-corrected chi connectivity index (χ4v) is 3.32. The lowest BCUT2D eigenvalue weighted by molar-refractivity contribution is -0.210. The molecular weight excluding hydrogens is 312 g/mol. The van der Waals surface area contributed by atoms with E-state index in [0.29, 0.717) is 0 Å². The SMILES string of the molecule is CC(=O)SC[C@H]1O[C@@H]2OC(C)(C)O[C@@H]2[C@H]1OS(=O)(=O)O. The van der Waals surface area contributed by atoms with Gasteiger partial charge in [-0.1, -0.05) is 11.8 Å². The molecule has 10 heteroatoms. The van der Waals surface area contributed by atoms with Gasteiger partial charge in [0.2, 0.25) is 0 Å². The summed E-state index contributed by atoms with van der Waals surface area (Å²) in [5.74, 6) is -0.759. The van der Waals surface area contributed by atoms with Gasteiger partial charge < -0.3 is 14.2 Å². The molecule has 2 rings (SSSR count). The Labute approximate surface area is 121 Å². The van der Waals surface area contributed by atoms with Gasteiger partial charge in [0.05, 0.1) is 0 Å². The average molecular weight is 328 g/mol. The van der Waals surface area contributed by atoms with Gasteiger partial charge in [0.25, 0.3) is 0 Å². The molecule has 1 N–H and O–H groups in total. The van der Waals surface area contributed by atoms with Crippen LogP contribution in [0.1, 0.15) is 20.8 Å². The second kappa shape index (κ2) is 5.52. The Balaban J connectivity index is 2.12. The maximum absolute atomic E-state index is 11.0. The van der Waals surface area contributed by atoms with Crippen LogP contribution in [0, 0.1) is 0 Å². The quantitative estimate of drug-likeness (QED) is 0.730. The Morgan fingerprint density at radius 2 is 2.05 bits per heavy atom. The van der Waals surface area contributed by atoms with E-state index in [1.165, 1.54) is 6.92 Å². The molecule has 0 aromatic rings. The predicted octanol–water partition coefficient (Wildman–Crippen LogP) is 0.330.